The Hall–Kier alpha value is -1.26. The van der Waals surface area contributed by atoms with Crippen LogP contribution in [0.1, 0.15) is 36.0 Å². The number of aromatic nitrogens is 1. The number of hydrogen-bond acceptors (Lipinski definition) is 3. The third-order valence-electron chi connectivity index (χ3n) is 3.24. The molecule has 0 amide bonds. The van der Waals surface area contributed by atoms with E-state index < -0.39 is 0 Å². The third-order valence-corrected chi connectivity index (χ3v) is 4.06. The van der Waals surface area contributed by atoms with Gasteiger partial charge in [0.15, 0.2) is 0 Å². The highest BCUT2D eigenvalue weighted by atomic mass is 32.1. The smallest absolute Gasteiger partial charge is 0.123 e. The van der Waals surface area contributed by atoms with Gasteiger partial charge in [-0.3, -0.25) is 0 Å². The lowest BCUT2D eigenvalue weighted by molar-refractivity contribution is 0.523. The number of rotatable bonds is 6. The van der Waals surface area contributed by atoms with Crippen LogP contribution in [0.2, 0.25) is 0 Å². The first-order valence-electron chi connectivity index (χ1n) is 6.94. The van der Waals surface area contributed by atoms with Crippen LogP contribution in [0.4, 0.5) is 4.39 Å². The number of benzene rings is 1. The Morgan fingerprint density at radius 3 is 2.50 bits per heavy atom. The molecule has 4 heteroatoms. The van der Waals surface area contributed by atoms with Crippen molar-refractivity contribution in [1.82, 2.24) is 10.3 Å². The van der Waals surface area contributed by atoms with E-state index in [1.165, 1.54) is 12.1 Å². The highest BCUT2D eigenvalue weighted by Crippen LogP contribution is 2.22. The molecule has 1 N–H and O–H groups in total. The van der Waals surface area contributed by atoms with Gasteiger partial charge in [0.05, 0.1) is 10.7 Å². The van der Waals surface area contributed by atoms with Gasteiger partial charge in [0.25, 0.3) is 0 Å². The van der Waals surface area contributed by atoms with Crippen molar-refractivity contribution in [2.75, 3.05) is 6.54 Å². The Labute approximate surface area is 124 Å². The van der Waals surface area contributed by atoms with Crippen molar-refractivity contribution in [3.8, 4) is 0 Å². The van der Waals surface area contributed by atoms with Crippen LogP contribution in [0.15, 0.2) is 29.6 Å². The maximum Gasteiger partial charge on any atom is 0.123 e. The number of aryl methyl sites for hydroxylation is 1. The maximum absolute atomic E-state index is 13.1. The summed E-state index contributed by atoms with van der Waals surface area (Å²) in [4.78, 5) is 4.54. The van der Waals surface area contributed by atoms with Crippen LogP contribution in [-0.2, 0) is 6.42 Å². The summed E-state index contributed by atoms with van der Waals surface area (Å²) in [6.45, 7) is 7.16. The van der Waals surface area contributed by atoms with E-state index in [2.05, 4.69) is 29.5 Å². The van der Waals surface area contributed by atoms with Crippen molar-refractivity contribution in [2.24, 2.45) is 0 Å². The van der Waals surface area contributed by atoms with Crippen LogP contribution in [0.5, 0.6) is 0 Å². The van der Waals surface area contributed by atoms with E-state index in [0.29, 0.717) is 12.0 Å². The number of thiazole rings is 1. The second-order valence-electron chi connectivity index (χ2n) is 5.37. The normalized spacial score (nSPS) is 12.8. The molecule has 1 atom stereocenters. The monoisotopic (exact) mass is 292 g/mol. The fourth-order valence-corrected chi connectivity index (χ4v) is 2.80. The minimum absolute atomic E-state index is 0.186. The second-order valence-corrected chi connectivity index (χ2v) is 6.44. The van der Waals surface area contributed by atoms with Crippen molar-refractivity contribution in [1.29, 1.82) is 0 Å². The first kappa shape index (κ1) is 15.1. The van der Waals surface area contributed by atoms with Gasteiger partial charge in [-0.1, -0.05) is 26.0 Å². The molecular weight excluding hydrogens is 271 g/mol. The predicted octanol–water partition coefficient (Wildman–Crippen LogP) is 3.91. The Balaban J connectivity index is 2.13. The summed E-state index contributed by atoms with van der Waals surface area (Å²) in [6, 6.07) is 7.26. The van der Waals surface area contributed by atoms with Crippen LogP contribution in [0.3, 0.4) is 0 Å². The summed E-state index contributed by atoms with van der Waals surface area (Å²) in [7, 11) is 0. The highest BCUT2D eigenvalue weighted by Gasteiger charge is 2.14. The van der Waals surface area contributed by atoms with Gasteiger partial charge in [0, 0.05) is 23.9 Å². The topological polar surface area (TPSA) is 24.9 Å². The van der Waals surface area contributed by atoms with Crippen LogP contribution in [0, 0.1) is 12.7 Å². The van der Waals surface area contributed by atoms with Gasteiger partial charge in [-0.2, -0.15) is 0 Å². The molecule has 0 saturated carbocycles. The van der Waals surface area contributed by atoms with Crippen LogP contribution >= 0.6 is 11.3 Å². The summed E-state index contributed by atoms with van der Waals surface area (Å²) in [5.74, 6) is 0.133. The molecule has 0 aliphatic heterocycles. The fraction of sp³-hybridized carbons (Fsp3) is 0.438. The van der Waals surface area contributed by atoms with Gasteiger partial charge in [-0.25, -0.2) is 9.37 Å². The third kappa shape index (κ3) is 4.39. The summed E-state index contributed by atoms with van der Waals surface area (Å²) < 4.78 is 13.1. The van der Waals surface area contributed by atoms with Crippen LogP contribution in [-0.4, -0.2) is 17.6 Å². The second kappa shape index (κ2) is 6.95. The zero-order valence-electron chi connectivity index (χ0n) is 12.2. The minimum Gasteiger partial charge on any atom is -0.314 e. The van der Waals surface area contributed by atoms with Gasteiger partial charge in [-0.15, -0.1) is 11.3 Å². The molecule has 0 spiro atoms. The largest absolute Gasteiger partial charge is 0.314 e. The minimum atomic E-state index is -0.186. The molecule has 20 heavy (non-hydrogen) atoms. The lowest BCUT2D eigenvalue weighted by Gasteiger charge is -2.19. The van der Waals surface area contributed by atoms with Crippen molar-refractivity contribution < 1.29 is 4.39 Å². The fourth-order valence-electron chi connectivity index (χ4n) is 2.18. The molecule has 1 aromatic heterocycles. The Bertz CT molecular complexity index is 534. The molecule has 1 aromatic carbocycles. The average molecular weight is 292 g/mol. The standard InChI is InChI=1S/C16H21FN2S/c1-11(2)18-9-14(8-16-10-20-12(3)19-16)13-4-6-15(17)7-5-13/h4-7,10-11,14,18H,8-9H2,1-3H3. The quantitative estimate of drug-likeness (QED) is 0.873. The maximum atomic E-state index is 13.1. The lowest BCUT2D eigenvalue weighted by atomic mass is 9.94. The Morgan fingerprint density at radius 2 is 1.95 bits per heavy atom. The Morgan fingerprint density at radius 1 is 1.25 bits per heavy atom. The average Bonchev–Trinajstić information content (AvgIpc) is 2.81. The van der Waals surface area contributed by atoms with E-state index in [9.17, 15) is 4.39 Å². The van der Waals surface area contributed by atoms with Crippen LogP contribution < -0.4 is 5.32 Å². The zero-order valence-corrected chi connectivity index (χ0v) is 13.0. The summed E-state index contributed by atoms with van der Waals surface area (Å²) in [6.07, 6.45) is 0.885. The molecule has 1 unspecified atom stereocenters. The molecule has 108 valence electrons. The first-order chi connectivity index (χ1) is 9.54. The summed E-state index contributed by atoms with van der Waals surface area (Å²) in [5.41, 5.74) is 2.28. The molecule has 0 saturated heterocycles. The van der Waals surface area contributed by atoms with E-state index in [1.807, 2.05) is 19.1 Å². The van der Waals surface area contributed by atoms with Gasteiger partial charge in [0.1, 0.15) is 5.82 Å². The van der Waals surface area contributed by atoms with Crippen molar-refractivity contribution in [3.05, 3.63) is 51.7 Å². The molecule has 0 fully saturated rings. The molecule has 2 nitrogen and oxygen atoms in total. The molecule has 0 radical (unpaired) electrons. The molecule has 0 bridgehead atoms. The summed E-state index contributed by atoms with van der Waals surface area (Å²) >= 11 is 1.68. The van der Waals surface area contributed by atoms with Crippen molar-refractivity contribution >= 4 is 11.3 Å². The molecule has 2 aromatic rings. The zero-order chi connectivity index (χ0) is 14.5. The number of halogens is 1. The summed E-state index contributed by atoms with van der Waals surface area (Å²) in [5, 5.41) is 6.67. The van der Waals surface area contributed by atoms with E-state index in [1.54, 1.807) is 11.3 Å². The molecule has 1 heterocycles. The van der Waals surface area contributed by atoms with Gasteiger partial charge in [0.2, 0.25) is 0 Å². The van der Waals surface area contributed by atoms with Gasteiger partial charge >= 0.3 is 0 Å². The molecule has 0 aliphatic rings. The van der Waals surface area contributed by atoms with Crippen LogP contribution in [0.25, 0.3) is 0 Å². The number of hydrogen-bond donors (Lipinski definition) is 1. The van der Waals surface area contributed by atoms with Crippen molar-refractivity contribution in [3.63, 3.8) is 0 Å². The molecule has 2 rings (SSSR count). The lowest BCUT2D eigenvalue weighted by Crippen LogP contribution is -2.29. The van der Waals surface area contributed by atoms with E-state index >= 15 is 0 Å². The van der Waals surface area contributed by atoms with E-state index in [4.69, 9.17) is 0 Å². The van der Waals surface area contributed by atoms with E-state index in [0.717, 1.165) is 29.2 Å². The number of nitrogens with zero attached hydrogens (tertiary/aromatic N) is 1. The molecule has 0 aliphatic carbocycles. The first-order valence-corrected chi connectivity index (χ1v) is 7.82. The van der Waals surface area contributed by atoms with Gasteiger partial charge in [-0.05, 0) is 31.0 Å². The SMILES string of the molecule is Cc1nc(CC(CNC(C)C)c2ccc(F)cc2)cs1. The van der Waals surface area contributed by atoms with Gasteiger partial charge < -0.3 is 5.32 Å². The van der Waals surface area contributed by atoms with Crippen molar-refractivity contribution in [2.45, 2.75) is 39.2 Å². The molecular formula is C16H21FN2S. The number of nitrogens with one attached hydrogen (secondary N) is 1. The van der Waals surface area contributed by atoms with E-state index in [-0.39, 0.29) is 5.82 Å². The Kier molecular flexibility index (Phi) is 5.26. The predicted molar refractivity (Wildman–Crippen MR) is 82.8 cm³/mol. The highest BCUT2D eigenvalue weighted by molar-refractivity contribution is 7.09.